The molecule has 2 amide bonds. The lowest BCUT2D eigenvalue weighted by Crippen LogP contribution is -2.30. The maximum absolute atomic E-state index is 12.2. The summed E-state index contributed by atoms with van der Waals surface area (Å²) in [5, 5.41) is 8.57. The first-order chi connectivity index (χ1) is 13.1. The van der Waals surface area contributed by atoms with E-state index in [0.29, 0.717) is 24.1 Å². The number of nitrogens with zero attached hydrogens (tertiary/aromatic N) is 1. The molecule has 1 aliphatic heterocycles. The molecule has 0 spiro atoms. The summed E-state index contributed by atoms with van der Waals surface area (Å²) in [7, 11) is 0. The molecule has 1 aliphatic rings. The fraction of sp³-hybridized carbons (Fsp3) is 0.591. The summed E-state index contributed by atoms with van der Waals surface area (Å²) in [4.78, 5) is 36.3. The SMILES string of the molecule is O=C(O)CCCCCCCCCCCCCN1C(=O)c2ccccc2C1=O. The van der Waals surface area contributed by atoms with E-state index >= 15 is 0 Å². The molecule has 0 saturated carbocycles. The number of fused-ring (bicyclic) bond motifs is 1. The first-order valence-corrected chi connectivity index (χ1v) is 10.3. The summed E-state index contributed by atoms with van der Waals surface area (Å²) in [6.45, 7) is 0.517. The molecule has 1 aromatic carbocycles. The molecule has 0 aliphatic carbocycles. The molecule has 0 bridgehead atoms. The van der Waals surface area contributed by atoms with Gasteiger partial charge in [0.1, 0.15) is 0 Å². The summed E-state index contributed by atoms with van der Waals surface area (Å²) in [6.07, 6.45) is 12.4. The Morgan fingerprint density at radius 2 is 1.11 bits per heavy atom. The highest BCUT2D eigenvalue weighted by Gasteiger charge is 2.34. The number of aliphatic carboxylic acids is 1. The van der Waals surface area contributed by atoms with E-state index in [1.54, 1.807) is 24.3 Å². The minimum absolute atomic E-state index is 0.154. The zero-order valence-electron chi connectivity index (χ0n) is 16.1. The van der Waals surface area contributed by atoms with Gasteiger partial charge in [-0.15, -0.1) is 0 Å². The number of carbonyl (C=O) groups is 3. The number of imide groups is 1. The molecule has 0 saturated heterocycles. The minimum Gasteiger partial charge on any atom is -0.481 e. The van der Waals surface area contributed by atoms with Gasteiger partial charge in [0.25, 0.3) is 11.8 Å². The van der Waals surface area contributed by atoms with E-state index in [0.717, 1.165) is 38.5 Å². The first-order valence-electron chi connectivity index (χ1n) is 10.3. The Balaban J connectivity index is 1.44. The van der Waals surface area contributed by atoms with Crippen molar-refractivity contribution in [3.8, 4) is 0 Å². The number of unbranched alkanes of at least 4 members (excludes halogenated alkanes) is 10. The predicted octanol–water partition coefficient (Wildman–Crippen LogP) is 5.05. The van der Waals surface area contributed by atoms with E-state index in [-0.39, 0.29) is 11.8 Å². The molecule has 0 atom stereocenters. The van der Waals surface area contributed by atoms with Crippen LogP contribution in [-0.4, -0.2) is 34.3 Å². The van der Waals surface area contributed by atoms with Gasteiger partial charge in [-0.3, -0.25) is 19.3 Å². The summed E-state index contributed by atoms with van der Waals surface area (Å²) < 4.78 is 0. The minimum atomic E-state index is -0.696. The molecule has 27 heavy (non-hydrogen) atoms. The van der Waals surface area contributed by atoms with Crippen molar-refractivity contribution in [2.75, 3.05) is 6.54 Å². The Hall–Kier alpha value is -2.17. The van der Waals surface area contributed by atoms with Gasteiger partial charge in [0.2, 0.25) is 0 Å². The van der Waals surface area contributed by atoms with Crippen LogP contribution in [0.25, 0.3) is 0 Å². The molecule has 0 fully saturated rings. The van der Waals surface area contributed by atoms with Crippen LogP contribution in [0.5, 0.6) is 0 Å². The van der Waals surface area contributed by atoms with Crippen LogP contribution in [0, 0.1) is 0 Å². The third kappa shape index (κ3) is 6.81. The molecule has 1 N–H and O–H groups in total. The lowest BCUT2D eigenvalue weighted by Gasteiger charge is -2.13. The predicted molar refractivity (Wildman–Crippen MR) is 105 cm³/mol. The monoisotopic (exact) mass is 373 g/mol. The van der Waals surface area contributed by atoms with E-state index < -0.39 is 5.97 Å². The second-order valence-electron chi connectivity index (χ2n) is 7.34. The standard InChI is InChI=1S/C22H31NO4/c24-20(25)16-10-8-6-4-2-1-3-5-7-9-13-17-23-21(26)18-14-11-12-15-19(18)22(23)27/h11-12,14-15H,1-10,13,16-17H2,(H,24,25). The van der Waals surface area contributed by atoms with E-state index in [9.17, 15) is 14.4 Å². The number of carboxylic acid groups (broad SMARTS) is 1. The largest absolute Gasteiger partial charge is 0.481 e. The van der Waals surface area contributed by atoms with Gasteiger partial charge in [0.15, 0.2) is 0 Å². The van der Waals surface area contributed by atoms with Crippen molar-refractivity contribution in [3.05, 3.63) is 35.4 Å². The first kappa shape index (κ1) is 21.1. The fourth-order valence-electron chi connectivity index (χ4n) is 3.58. The third-order valence-corrected chi connectivity index (χ3v) is 5.15. The molecular weight excluding hydrogens is 342 g/mol. The van der Waals surface area contributed by atoms with Gasteiger partial charge >= 0.3 is 5.97 Å². The van der Waals surface area contributed by atoms with Crippen molar-refractivity contribution >= 4 is 17.8 Å². The van der Waals surface area contributed by atoms with Crippen LogP contribution in [0.2, 0.25) is 0 Å². The fourth-order valence-corrected chi connectivity index (χ4v) is 3.58. The zero-order valence-corrected chi connectivity index (χ0v) is 16.1. The lowest BCUT2D eigenvalue weighted by molar-refractivity contribution is -0.137. The van der Waals surface area contributed by atoms with Gasteiger partial charge in [0.05, 0.1) is 11.1 Å². The van der Waals surface area contributed by atoms with Crippen molar-refractivity contribution in [2.45, 2.75) is 77.0 Å². The van der Waals surface area contributed by atoms with Crippen molar-refractivity contribution in [3.63, 3.8) is 0 Å². The lowest BCUT2D eigenvalue weighted by atomic mass is 10.1. The number of rotatable bonds is 14. The third-order valence-electron chi connectivity index (χ3n) is 5.15. The highest BCUT2D eigenvalue weighted by Crippen LogP contribution is 2.23. The summed E-state index contributed by atoms with van der Waals surface area (Å²) in [6, 6.07) is 7.04. The van der Waals surface area contributed by atoms with Gasteiger partial charge in [-0.1, -0.05) is 69.9 Å². The van der Waals surface area contributed by atoms with Gasteiger partial charge in [-0.2, -0.15) is 0 Å². The van der Waals surface area contributed by atoms with Crippen LogP contribution >= 0.6 is 0 Å². The average molecular weight is 373 g/mol. The van der Waals surface area contributed by atoms with Crippen LogP contribution in [-0.2, 0) is 4.79 Å². The zero-order chi connectivity index (χ0) is 19.5. The second-order valence-corrected chi connectivity index (χ2v) is 7.34. The smallest absolute Gasteiger partial charge is 0.303 e. The van der Waals surface area contributed by atoms with Crippen molar-refractivity contribution < 1.29 is 19.5 Å². The Labute approximate surface area is 161 Å². The number of benzene rings is 1. The molecule has 2 rings (SSSR count). The number of amides is 2. The van der Waals surface area contributed by atoms with E-state index in [1.165, 1.54) is 37.0 Å². The van der Waals surface area contributed by atoms with Crippen LogP contribution in [0.1, 0.15) is 97.8 Å². The average Bonchev–Trinajstić information content (AvgIpc) is 2.90. The highest BCUT2D eigenvalue weighted by molar-refractivity contribution is 6.21. The van der Waals surface area contributed by atoms with Crippen molar-refractivity contribution in [1.29, 1.82) is 0 Å². The normalized spacial score (nSPS) is 13.3. The van der Waals surface area contributed by atoms with E-state index in [2.05, 4.69) is 0 Å². The maximum Gasteiger partial charge on any atom is 0.303 e. The summed E-state index contributed by atoms with van der Waals surface area (Å²) >= 11 is 0. The van der Waals surface area contributed by atoms with Gasteiger partial charge < -0.3 is 5.11 Å². The molecule has 0 radical (unpaired) electrons. The molecule has 0 aromatic heterocycles. The molecule has 5 heteroatoms. The molecular formula is C22H31NO4. The molecule has 0 unspecified atom stereocenters. The number of carboxylic acids is 1. The molecule has 1 heterocycles. The van der Waals surface area contributed by atoms with Crippen LogP contribution in [0.4, 0.5) is 0 Å². The number of hydrogen-bond acceptors (Lipinski definition) is 3. The van der Waals surface area contributed by atoms with Gasteiger partial charge in [-0.05, 0) is 25.0 Å². The van der Waals surface area contributed by atoms with Crippen LogP contribution < -0.4 is 0 Å². The Morgan fingerprint density at radius 1 is 0.704 bits per heavy atom. The molecule has 1 aromatic rings. The van der Waals surface area contributed by atoms with Crippen LogP contribution in [0.15, 0.2) is 24.3 Å². The van der Waals surface area contributed by atoms with E-state index in [4.69, 9.17) is 5.11 Å². The Morgan fingerprint density at radius 3 is 1.56 bits per heavy atom. The quantitative estimate of drug-likeness (QED) is 0.366. The molecule has 5 nitrogen and oxygen atoms in total. The summed E-state index contributed by atoms with van der Waals surface area (Å²) in [5.74, 6) is -1.00. The van der Waals surface area contributed by atoms with Crippen LogP contribution in [0.3, 0.4) is 0 Å². The van der Waals surface area contributed by atoms with Crippen molar-refractivity contribution in [2.24, 2.45) is 0 Å². The Bertz CT molecular complexity index is 606. The Kier molecular flexibility index (Phi) is 9.02. The van der Waals surface area contributed by atoms with Gasteiger partial charge in [0, 0.05) is 13.0 Å². The summed E-state index contributed by atoms with van der Waals surface area (Å²) in [5.41, 5.74) is 1.07. The number of carbonyl (C=O) groups excluding carboxylic acids is 2. The topological polar surface area (TPSA) is 74.7 Å². The molecule has 148 valence electrons. The van der Waals surface area contributed by atoms with Gasteiger partial charge in [-0.25, -0.2) is 0 Å². The van der Waals surface area contributed by atoms with Crippen molar-refractivity contribution in [1.82, 2.24) is 4.90 Å². The van der Waals surface area contributed by atoms with E-state index in [1.807, 2.05) is 0 Å². The maximum atomic E-state index is 12.2. The number of hydrogen-bond donors (Lipinski definition) is 1. The second kappa shape index (κ2) is 11.5. The highest BCUT2D eigenvalue weighted by atomic mass is 16.4.